The number of para-hydroxylation sites is 1. The Kier molecular flexibility index (Phi) is 5.86. The Morgan fingerprint density at radius 2 is 1.90 bits per heavy atom. The third-order valence-electron chi connectivity index (χ3n) is 5.21. The predicted molar refractivity (Wildman–Crippen MR) is 137 cm³/mol. The minimum absolute atomic E-state index is 0.156. The van der Waals surface area contributed by atoms with Crippen LogP contribution in [0.2, 0.25) is 0 Å². The highest BCUT2D eigenvalue weighted by Gasteiger charge is 2.19. The fraction of sp³-hybridized carbons (Fsp3) is 0.0833. The van der Waals surface area contributed by atoms with Crippen molar-refractivity contribution in [2.24, 2.45) is 4.99 Å². The van der Waals surface area contributed by atoms with Gasteiger partial charge in [-0.25, -0.2) is 4.98 Å². The average molecular weight is 537 g/mol. The number of nitrogens with zero attached hydrogens (tertiary/aromatic N) is 2. The second-order valence-corrected chi connectivity index (χ2v) is 8.66. The Hall–Kier alpha value is -2.91. The number of nitrogens with one attached hydrogen (secondary N) is 3. The molecule has 0 aliphatic carbocycles. The SMILES string of the molecule is INC(=N[C@H](Cc1c[nH]c2ccccc12)c1ncc(-c2ccccc2)[nH]1)c1cccs1. The van der Waals surface area contributed by atoms with Crippen LogP contribution in [0.5, 0.6) is 0 Å². The summed E-state index contributed by atoms with van der Waals surface area (Å²) in [5.74, 6) is 1.71. The number of rotatable bonds is 6. The standard InChI is InChI=1S/C24H20IN5S/c25-30-24(22-11-6-12-31-22)28-20(13-17-14-26-19-10-5-4-9-18(17)19)23-27-15-21(29-23)16-7-2-1-3-8-16/h1-12,14-15,20,26H,13H2,(H,27,29)(H,28,30)/t20-/m1/s1. The van der Waals surface area contributed by atoms with Gasteiger partial charge in [0.2, 0.25) is 0 Å². The zero-order valence-corrected chi connectivity index (χ0v) is 19.5. The topological polar surface area (TPSA) is 68.9 Å². The zero-order chi connectivity index (χ0) is 21.0. The molecule has 5 rings (SSSR count). The highest BCUT2D eigenvalue weighted by Crippen LogP contribution is 2.28. The molecule has 1 atom stereocenters. The Bertz CT molecular complexity index is 1300. The molecule has 7 heteroatoms. The van der Waals surface area contributed by atoms with E-state index in [9.17, 15) is 0 Å². The van der Waals surface area contributed by atoms with Crippen LogP contribution in [-0.2, 0) is 6.42 Å². The molecule has 3 aromatic heterocycles. The Morgan fingerprint density at radius 3 is 2.71 bits per heavy atom. The van der Waals surface area contributed by atoms with E-state index < -0.39 is 0 Å². The number of hydrogen-bond acceptors (Lipinski definition) is 3. The van der Waals surface area contributed by atoms with E-state index >= 15 is 0 Å². The fourth-order valence-electron chi connectivity index (χ4n) is 3.69. The lowest BCUT2D eigenvalue weighted by Gasteiger charge is -2.12. The highest BCUT2D eigenvalue weighted by atomic mass is 127. The van der Waals surface area contributed by atoms with Gasteiger partial charge in [-0.05, 0) is 28.6 Å². The molecule has 2 aromatic carbocycles. The Morgan fingerprint density at radius 1 is 1.06 bits per heavy atom. The molecule has 0 aliphatic rings. The predicted octanol–water partition coefficient (Wildman–Crippen LogP) is 6.29. The van der Waals surface area contributed by atoms with E-state index in [1.807, 2.05) is 36.5 Å². The van der Waals surface area contributed by atoms with Gasteiger partial charge in [-0.3, -0.25) is 4.99 Å². The van der Waals surface area contributed by atoms with Crippen LogP contribution in [0.4, 0.5) is 0 Å². The maximum absolute atomic E-state index is 5.10. The first-order valence-electron chi connectivity index (χ1n) is 9.95. The Balaban J connectivity index is 1.55. The first kappa shape index (κ1) is 20.0. The van der Waals surface area contributed by atoms with Crippen molar-refractivity contribution in [2.45, 2.75) is 12.5 Å². The monoisotopic (exact) mass is 537 g/mol. The second-order valence-electron chi connectivity index (χ2n) is 7.18. The number of benzene rings is 2. The molecule has 3 N–H and O–H groups in total. The van der Waals surface area contributed by atoms with Crippen molar-refractivity contribution in [1.29, 1.82) is 0 Å². The van der Waals surface area contributed by atoms with Crippen LogP contribution < -0.4 is 3.53 Å². The number of fused-ring (bicyclic) bond motifs is 1. The van der Waals surface area contributed by atoms with E-state index in [1.54, 1.807) is 11.3 Å². The Labute approximate surface area is 198 Å². The number of halogens is 1. The first-order chi connectivity index (χ1) is 15.3. The normalized spacial score (nSPS) is 12.9. The van der Waals surface area contributed by atoms with Crippen molar-refractivity contribution in [2.75, 3.05) is 0 Å². The summed E-state index contributed by atoms with van der Waals surface area (Å²) in [7, 11) is 0. The number of aliphatic imine (C=N–C) groups is 1. The summed E-state index contributed by atoms with van der Waals surface area (Å²) in [4.78, 5) is 17.8. The van der Waals surface area contributed by atoms with Gasteiger partial charge in [0.05, 0.1) is 39.6 Å². The van der Waals surface area contributed by atoms with E-state index in [-0.39, 0.29) is 6.04 Å². The molecule has 0 saturated heterocycles. The van der Waals surface area contributed by atoms with E-state index in [0.717, 1.165) is 39.7 Å². The van der Waals surface area contributed by atoms with Crippen LogP contribution in [0.15, 0.2) is 89.5 Å². The molecule has 5 nitrogen and oxygen atoms in total. The minimum Gasteiger partial charge on any atom is -0.361 e. The van der Waals surface area contributed by atoms with Gasteiger partial charge in [0.25, 0.3) is 0 Å². The third-order valence-corrected chi connectivity index (χ3v) is 6.60. The van der Waals surface area contributed by atoms with Crippen molar-refractivity contribution in [3.8, 4) is 11.3 Å². The molecule has 0 radical (unpaired) electrons. The number of imidazole rings is 1. The van der Waals surface area contributed by atoms with Crippen molar-refractivity contribution in [3.05, 3.63) is 101 Å². The highest BCUT2D eigenvalue weighted by molar-refractivity contribution is 14.1. The van der Waals surface area contributed by atoms with Crippen LogP contribution >= 0.6 is 34.2 Å². The summed E-state index contributed by atoms with van der Waals surface area (Å²) >= 11 is 3.82. The largest absolute Gasteiger partial charge is 0.361 e. The molecule has 31 heavy (non-hydrogen) atoms. The van der Waals surface area contributed by atoms with E-state index in [0.29, 0.717) is 0 Å². The summed E-state index contributed by atoms with van der Waals surface area (Å²) in [5.41, 5.74) is 4.47. The molecule has 5 aromatic rings. The molecule has 0 spiro atoms. The van der Waals surface area contributed by atoms with Crippen LogP contribution in [0, 0.1) is 0 Å². The van der Waals surface area contributed by atoms with Crippen LogP contribution in [0.3, 0.4) is 0 Å². The maximum Gasteiger partial charge on any atom is 0.148 e. The number of aromatic nitrogens is 3. The van der Waals surface area contributed by atoms with Crippen LogP contribution in [0.1, 0.15) is 22.3 Å². The van der Waals surface area contributed by atoms with Gasteiger partial charge in [0.1, 0.15) is 17.7 Å². The molecule has 0 amide bonds. The lowest BCUT2D eigenvalue weighted by atomic mass is 10.0. The van der Waals surface area contributed by atoms with Gasteiger partial charge >= 0.3 is 0 Å². The summed E-state index contributed by atoms with van der Waals surface area (Å²) in [6.45, 7) is 0. The van der Waals surface area contributed by atoms with E-state index in [2.05, 4.69) is 84.3 Å². The quantitative estimate of drug-likeness (QED) is 0.103. The van der Waals surface area contributed by atoms with Crippen LogP contribution in [-0.4, -0.2) is 20.8 Å². The summed E-state index contributed by atoms with van der Waals surface area (Å²) in [6, 6.07) is 22.6. The summed E-state index contributed by atoms with van der Waals surface area (Å²) in [6.07, 6.45) is 4.71. The number of aromatic amines is 2. The maximum atomic E-state index is 5.10. The van der Waals surface area contributed by atoms with Gasteiger partial charge < -0.3 is 13.5 Å². The molecule has 0 saturated carbocycles. The summed E-state index contributed by atoms with van der Waals surface area (Å²) in [5, 5.41) is 3.28. The van der Waals surface area contributed by atoms with Crippen molar-refractivity contribution < 1.29 is 0 Å². The average Bonchev–Trinajstić information content (AvgIpc) is 3.59. The lowest BCUT2D eigenvalue weighted by molar-refractivity contribution is 0.682. The molecular weight excluding hydrogens is 517 g/mol. The molecule has 3 heterocycles. The first-order valence-corrected chi connectivity index (χ1v) is 11.9. The van der Waals surface area contributed by atoms with Gasteiger partial charge in [-0.15, -0.1) is 11.3 Å². The molecular formula is C24H20IN5S. The number of amidine groups is 1. The second kappa shape index (κ2) is 9.07. The van der Waals surface area contributed by atoms with Gasteiger partial charge in [0.15, 0.2) is 0 Å². The van der Waals surface area contributed by atoms with Crippen LogP contribution in [0.25, 0.3) is 22.2 Å². The summed E-state index contributed by atoms with van der Waals surface area (Å²) < 4.78 is 3.24. The van der Waals surface area contributed by atoms with Crippen molar-refractivity contribution >= 4 is 50.9 Å². The van der Waals surface area contributed by atoms with E-state index in [1.165, 1.54) is 10.9 Å². The number of thiophene rings is 1. The molecule has 154 valence electrons. The fourth-order valence-corrected chi connectivity index (χ4v) is 4.98. The number of H-pyrrole nitrogens is 2. The van der Waals surface area contributed by atoms with Gasteiger partial charge in [-0.1, -0.05) is 54.6 Å². The molecule has 0 unspecified atom stereocenters. The van der Waals surface area contributed by atoms with Gasteiger partial charge in [-0.2, -0.15) is 0 Å². The van der Waals surface area contributed by atoms with Gasteiger partial charge in [0, 0.05) is 23.5 Å². The minimum atomic E-state index is -0.156. The van der Waals surface area contributed by atoms with Crippen molar-refractivity contribution in [3.63, 3.8) is 0 Å². The molecule has 0 aliphatic heterocycles. The molecule has 0 fully saturated rings. The lowest BCUT2D eigenvalue weighted by Crippen LogP contribution is -2.16. The van der Waals surface area contributed by atoms with Crippen molar-refractivity contribution in [1.82, 2.24) is 18.5 Å². The smallest absolute Gasteiger partial charge is 0.148 e. The number of hydrogen-bond donors (Lipinski definition) is 3. The molecule has 0 bridgehead atoms. The zero-order valence-electron chi connectivity index (χ0n) is 16.5. The van der Waals surface area contributed by atoms with E-state index in [4.69, 9.17) is 9.98 Å². The third kappa shape index (κ3) is 4.28.